The van der Waals surface area contributed by atoms with Crippen LogP contribution >= 0.6 is 0 Å². The molecule has 0 atom stereocenters. The zero-order chi connectivity index (χ0) is 41.0. The normalized spacial score (nSPS) is 11.5. The first-order chi connectivity index (χ1) is 30.7. The number of aromatic nitrogens is 1. The van der Waals surface area contributed by atoms with Crippen molar-refractivity contribution in [3.8, 4) is 39.1 Å². The van der Waals surface area contributed by atoms with Crippen LogP contribution in [0.1, 0.15) is 0 Å². The first-order valence-corrected chi connectivity index (χ1v) is 21.3. The van der Waals surface area contributed by atoms with E-state index >= 15 is 0 Å². The number of fused-ring (bicyclic) bond motifs is 7. The van der Waals surface area contributed by atoms with Crippen LogP contribution in [0.3, 0.4) is 0 Å². The molecule has 0 aliphatic rings. The number of rotatable bonds is 7. The summed E-state index contributed by atoms with van der Waals surface area (Å²) in [6.45, 7) is 0. The summed E-state index contributed by atoms with van der Waals surface area (Å²) in [5.41, 5.74) is 14.0. The van der Waals surface area contributed by atoms with Gasteiger partial charge in [-0.3, -0.25) is 0 Å². The van der Waals surface area contributed by atoms with Gasteiger partial charge in [-0.05, 0) is 132 Å². The molecule has 0 N–H and O–H groups in total. The minimum absolute atomic E-state index is 1.09. The van der Waals surface area contributed by atoms with Crippen LogP contribution in [0.25, 0.3) is 93.2 Å². The minimum atomic E-state index is 1.09. The number of benzene rings is 11. The molecule has 1 heterocycles. The quantitative estimate of drug-likeness (QED) is 0.146. The Balaban J connectivity index is 0.993. The topological polar surface area (TPSA) is 8.17 Å². The Kier molecular flexibility index (Phi) is 8.53. The first-order valence-electron chi connectivity index (χ1n) is 21.3. The monoisotopic (exact) mass is 788 g/mol. The molecule has 0 amide bonds. The van der Waals surface area contributed by atoms with Crippen LogP contribution in [0.15, 0.2) is 243 Å². The number of para-hydroxylation sites is 2. The van der Waals surface area contributed by atoms with Crippen LogP contribution in [-0.4, -0.2) is 4.57 Å². The van der Waals surface area contributed by atoms with E-state index in [4.69, 9.17) is 0 Å². The standard InChI is InChI=1S/C60H40N2/c1-2-14-42(15-3-1)58-40-52(62-59-23-10-8-21-56(59)57-22-9-11-24-60(57)62)34-35-54(58)44-29-31-49(32-30-44)61(51-33-36-55-48(39-51)28-26-43-16-6-7-20-53(43)55)50-19-12-18-46(38-50)47-27-25-41-13-4-5-17-45(41)37-47/h1-40H. The van der Waals surface area contributed by atoms with Crippen molar-refractivity contribution < 1.29 is 0 Å². The van der Waals surface area contributed by atoms with Gasteiger partial charge in [-0.2, -0.15) is 0 Å². The highest BCUT2D eigenvalue weighted by Gasteiger charge is 2.18. The zero-order valence-corrected chi connectivity index (χ0v) is 34.0. The fourth-order valence-electron chi connectivity index (χ4n) is 9.55. The Morgan fingerprint density at radius 2 is 0.806 bits per heavy atom. The van der Waals surface area contributed by atoms with Gasteiger partial charge in [0.05, 0.1) is 11.0 Å². The summed E-state index contributed by atoms with van der Waals surface area (Å²) >= 11 is 0. The fraction of sp³-hybridized carbons (Fsp3) is 0. The third kappa shape index (κ3) is 6.12. The van der Waals surface area contributed by atoms with E-state index < -0.39 is 0 Å². The number of hydrogen-bond acceptors (Lipinski definition) is 1. The molecule has 0 spiro atoms. The number of nitrogens with zero attached hydrogens (tertiary/aromatic N) is 2. The number of hydrogen-bond donors (Lipinski definition) is 0. The average Bonchev–Trinajstić information content (AvgIpc) is 3.69. The molecule has 0 saturated carbocycles. The highest BCUT2D eigenvalue weighted by atomic mass is 15.1. The molecular weight excluding hydrogens is 749 g/mol. The minimum Gasteiger partial charge on any atom is -0.310 e. The van der Waals surface area contributed by atoms with Gasteiger partial charge in [0, 0.05) is 33.5 Å². The second-order valence-corrected chi connectivity index (χ2v) is 16.2. The van der Waals surface area contributed by atoms with E-state index in [0.29, 0.717) is 0 Å². The van der Waals surface area contributed by atoms with Crippen molar-refractivity contribution in [3.05, 3.63) is 243 Å². The van der Waals surface area contributed by atoms with Gasteiger partial charge in [0.1, 0.15) is 0 Å². The first kappa shape index (κ1) is 35.7. The summed E-state index contributed by atoms with van der Waals surface area (Å²) in [5, 5.41) is 9.99. The van der Waals surface area contributed by atoms with E-state index in [1.165, 1.54) is 81.9 Å². The van der Waals surface area contributed by atoms with Gasteiger partial charge < -0.3 is 9.47 Å². The molecule has 12 aromatic rings. The maximum Gasteiger partial charge on any atom is 0.0541 e. The van der Waals surface area contributed by atoms with Crippen LogP contribution in [0.4, 0.5) is 17.1 Å². The van der Waals surface area contributed by atoms with Gasteiger partial charge in [-0.25, -0.2) is 0 Å². The van der Waals surface area contributed by atoms with Crippen LogP contribution in [0, 0.1) is 0 Å². The van der Waals surface area contributed by atoms with E-state index in [0.717, 1.165) is 28.3 Å². The highest BCUT2D eigenvalue weighted by molar-refractivity contribution is 6.10. The van der Waals surface area contributed by atoms with E-state index in [-0.39, 0.29) is 0 Å². The highest BCUT2D eigenvalue weighted by Crippen LogP contribution is 2.42. The summed E-state index contributed by atoms with van der Waals surface area (Å²) in [6.07, 6.45) is 0. The molecule has 0 radical (unpaired) electrons. The molecular formula is C60H40N2. The van der Waals surface area contributed by atoms with Gasteiger partial charge in [0.25, 0.3) is 0 Å². The predicted octanol–water partition coefficient (Wildman–Crippen LogP) is 16.7. The summed E-state index contributed by atoms with van der Waals surface area (Å²) in [5.74, 6) is 0. The maximum absolute atomic E-state index is 2.40. The SMILES string of the molecule is c1ccc(-c2cc(-n3c4ccccc4c4ccccc43)ccc2-c2ccc(N(c3cccc(-c4ccc5ccccc5c4)c3)c3ccc4c(ccc5ccccc54)c3)cc2)cc1. The van der Waals surface area contributed by atoms with E-state index in [1.54, 1.807) is 0 Å². The molecule has 12 rings (SSSR count). The second-order valence-electron chi connectivity index (χ2n) is 16.2. The molecule has 0 bridgehead atoms. The lowest BCUT2D eigenvalue weighted by Gasteiger charge is -2.27. The van der Waals surface area contributed by atoms with Crippen molar-refractivity contribution in [2.75, 3.05) is 4.90 Å². The molecule has 0 aliphatic carbocycles. The molecule has 0 saturated heterocycles. The molecule has 1 aromatic heterocycles. The van der Waals surface area contributed by atoms with Gasteiger partial charge in [-0.15, -0.1) is 0 Å². The van der Waals surface area contributed by atoms with E-state index in [2.05, 4.69) is 252 Å². The Morgan fingerprint density at radius 1 is 0.258 bits per heavy atom. The van der Waals surface area contributed by atoms with Gasteiger partial charge in [0.15, 0.2) is 0 Å². The molecule has 290 valence electrons. The summed E-state index contributed by atoms with van der Waals surface area (Å²) in [4.78, 5) is 2.40. The Hall–Kier alpha value is -8.20. The largest absolute Gasteiger partial charge is 0.310 e. The van der Waals surface area contributed by atoms with Crippen molar-refractivity contribution in [3.63, 3.8) is 0 Å². The second kappa shape index (κ2) is 14.8. The smallest absolute Gasteiger partial charge is 0.0541 e. The van der Waals surface area contributed by atoms with Gasteiger partial charge >= 0.3 is 0 Å². The molecule has 0 fully saturated rings. The lowest BCUT2D eigenvalue weighted by molar-refractivity contribution is 1.18. The predicted molar refractivity (Wildman–Crippen MR) is 264 cm³/mol. The Morgan fingerprint density at radius 3 is 1.60 bits per heavy atom. The van der Waals surface area contributed by atoms with Crippen LogP contribution in [-0.2, 0) is 0 Å². The van der Waals surface area contributed by atoms with Crippen LogP contribution in [0.2, 0.25) is 0 Å². The average molecular weight is 789 g/mol. The van der Waals surface area contributed by atoms with Crippen LogP contribution < -0.4 is 4.90 Å². The third-order valence-corrected chi connectivity index (χ3v) is 12.5. The third-order valence-electron chi connectivity index (χ3n) is 12.5. The zero-order valence-electron chi connectivity index (χ0n) is 34.0. The van der Waals surface area contributed by atoms with Crippen molar-refractivity contribution in [1.82, 2.24) is 4.57 Å². The molecule has 62 heavy (non-hydrogen) atoms. The van der Waals surface area contributed by atoms with Crippen molar-refractivity contribution in [2.45, 2.75) is 0 Å². The molecule has 0 aliphatic heterocycles. The lowest BCUT2D eigenvalue weighted by Crippen LogP contribution is -2.10. The Bertz CT molecular complexity index is 3580. The number of anilines is 3. The fourth-order valence-corrected chi connectivity index (χ4v) is 9.55. The molecule has 2 nitrogen and oxygen atoms in total. The molecule has 2 heteroatoms. The van der Waals surface area contributed by atoms with E-state index in [9.17, 15) is 0 Å². The van der Waals surface area contributed by atoms with Gasteiger partial charge in [-0.1, -0.05) is 176 Å². The molecule has 0 unspecified atom stereocenters. The summed E-state index contributed by atoms with van der Waals surface area (Å²) in [7, 11) is 0. The molecule has 11 aromatic carbocycles. The van der Waals surface area contributed by atoms with E-state index in [1.807, 2.05) is 0 Å². The summed E-state index contributed by atoms with van der Waals surface area (Å²) < 4.78 is 2.40. The summed E-state index contributed by atoms with van der Waals surface area (Å²) in [6, 6.07) is 88.6. The van der Waals surface area contributed by atoms with Crippen LogP contribution in [0.5, 0.6) is 0 Å². The van der Waals surface area contributed by atoms with Crippen molar-refractivity contribution in [2.24, 2.45) is 0 Å². The Labute approximate surface area is 360 Å². The lowest BCUT2D eigenvalue weighted by atomic mass is 9.93. The maximum atomic E-state index is 2.40. The van der Waals surface area contributed by atoms with Gasteiger partial charge in [0.2, 0.25) is 0 Å². The van der Waals surface area contributed by atoms with Crippen molar-refractivity contribution in [1.29, 1.82) is 0 Å². The van der Waals surface area contributed by atoms with Crippen molar-refractivity contribution >= 4 is 71.2 Å².